The van der Waals surface area contributed by atoms with Crippen LogP contribution in [-0.2, 0) is 23.4 Å². The van der Waals surface area contributed by atoms with E-state index in [1.165, 1.54) is 47.9 Å². The van der Waals surface area contributed by atoms with Crippen LogP contribution in [0.15, 0.2) is 42.5 Å². The molecule has 0 heterocycles. The average molecular weight is 388 g/mol. The van der Waals surface area contributed by atoms with Gasteiger partial charge in [-0.15, -0.1) is 11.8 Å². The van der Waals surface area contributed by atoms with Gasteiger partial charge in [-0.2, -0.15) is 0 Å². The van der Waals surface area contributed by atoms with Crippen LogP contribution in [-0.4, -0.2) is 11.7 Å². The molecule has 0 fully saturated rings. The first-order chi connectivity index (χ1) is 12.7. The second-order valence-electron chi connectivity index (χ2n) is 6.88. The highest BCUT2D eigenvalue weighted by Crippen LogP contribution is 2.26. The summed E-state index contributed by atoms with van der Waals surface area (Å²) in [6.45, 7) is 2.13. The van der Waals surface area contributed by atoms with E-state index in [1.807, 2.05) is 24.3 Å². The fraction of sp³-hybridized carbons (Fsp3) is 0.409. The SMILES string of the molecule is CC[C@H](NC(=O)CSCc1ccc(Cl)cc1)c1ccc2c(c1)CCCC2. The van der Waals surface area contributed by atoms with Gasteiger partial charge in [-0.1, -0.05) is 48.9 Å². The molecule has 0 aromatic heterocycles. The molecule has 2 aromatic carbocycles. The molecule has 0 radical (unpaired) electrons. The van der Waals surface area contributed by atoms with E-state index in [2.05, 4.69) is 30.4 Å². The van der Waals surface area contributed by atoms with E-state index in [0.29, 0.717) is 5.75 Å². The van der Waals surface area contributed by atoms with Crippen LogP contribution in [0.25, 0.3) is 0 Å². The number of nitrogens with one attached hydrogen (secondary N) is 1. The van der Waals surface area contributed by atoms with Crippen molar-refractivity contribution in [1.29, 1.82) is 0 Å². The molecule has 0 bridgehead atoms. The Labute approximate surface area is 165 Å². The summed E-state index contributed by atoms with van der Waals surface area (Å²) in [5, 5.41) is 3.95. The summed E-state index contributed by atoms with van der Waals surface area (Å²) in [6, 6.07) is 14.7. The topological polar surface area (TPSA) is 29.1 Å². The summed E-state index contributed by atoms with van der Waals surface area (Å²) in [7, 11) is 0. The summed E-state index contributed by atoms with van der Waals surface area (Å²) in [5.41, 5.74) is 5.39. The maximum absolute atomic E-state index is 12.4. The van der Waals surface area contributed by atoms with Crippen molar-refractivity contribution in [2.75, 3.05) is 5.75 Å². The van der Waals surface area contributed by atoms with E-state index in [4.69, 9.17) is 11.6 Å². The molecule has 1 aliphatic rings. The van der Waals surface area contributed by atoms with Crippen LogP contribution in [0.2, 0.25) is 5.02 Å². The number of amides is 1. The number of benzene rings is 2. The van der Waals surface area contributed by atoms with Crippen LogP contribution < -0.4 is 5.32 Å². The van der Waals surface area contributed by atoms with Gasteiger partial charge in [0.05, 0.1) is 11.8 Å². The first-order valence-corrected chi connectivity index (χ1v) is 10.9. The molecule has 0 saturated heterocycles. The molecule has 0 aliphatic heterocycles. The van der Waals surface area contributed by atoms with Gasteiger partial charge in [-0.3, -0.25) is 4.79 Å². The van der Waals surface area contributed by atoms with Crippen molar-refractivity contribution >= 4 is 29.3 Å². The van der Waals surface area contributed by atoms with E-state index in [0.717, 1.165) is 17.2 Å². The Kier molecular flexibility index (Phi) is 7.04. The Morgan fingerprint density at radius 2 is 1.85 bits per heavy atom. The van der Waals surface area contributed by atoms with Crippen molar-refractivity contribution in [1.82, 2.24) is 5.32 Å². The second kappa shape index (κ2) is 9.48. The van der Waals surface area contributed by atoms with Crippen molar-refractivity contribution in [3.05, 3.63) is 69.7 Å². The Morgan fingerprint density at radius 1 is 1.12 bits per heavy atom. The molecule has 1 atom stereocenters. The van der Waals surface area contributed by atoms with E-state index < -0.39 is 0 Å². The highest BCUT2D eigenvalue weighted by atomic mass is 35.5. The smallest absolute Gasteiger partial charge is 0.230 e. The zero-order valence-corrected chi connectivity index (χ0v) is 16.8. The minimum absolute atomic E-state index is 0.103. The van der Waals surface area contributed by atoms with Crippen molar-refractivity contribution in [2.45, 2.75) is 50.8 Å². The van der Waals surface area contributed by atoms with E-state index in [1.54, 1.807) is 11.8 Å². The van der Waals surface area contributed by atoms with Crippen molar-refractivity contribution < 1.29 is 4.79 Å². The monoisotopic (exact) mass is 387 g/mol. The van der Waals surface area contributed by atoms with E-state index in [-0.39, 0.29) is 11.9 Å². The number of hydrogen-bond acceptors (Lipinski definition) is 2. The fourth-order valence-electron chi connectivity index (χ4n) is 3.47. The quantitative estimate of drug-likeness (QED) is 0.658. The lowest BCUT2D eigenvalue weighted by molar-refractivity contribution is -0.119. The van der Waals surface area contributed by atoms with Gasteiger partial charge >= 0.3 is 0 Å². The lowest BCUT2D eigenvalue weighted by atomic mass is 9.89. The van der Waals surface area contributed by atoms with Gasteiger partial charge in [0, 0.05) is 10.8 Å². The van der Waals surface area contributed by atoms with Crippen molar-refractivity contribution in [3.8, 4) is 0 Å². The van der Waals surface area contributed by atoms with Gasteiger partial charge in [-0.25, -0.2) is 0 Å². The normalized spacial score (nSPS) is 14.5. The molecule has 1 amide bonds. The molecule has 1 N–H and O–H groups in total. The summed E-state index contributed by atoms with van der Waals surface area (Å²) in [4.78, 5) is 12.4. The number of carbonyl (C=O) groups is 1. The minimum Gasteiger partial charge on any atom is -0.349 e. The van der Waals surface area contributed by atoms with Crippen LogP contribution in [0, 0.1) is 0 Å². The Hall–Kier alpha value is -1.45. The van der Waals surface area contributed by atoms with Crippen LogP contribution in [0.5, 0.6) is 0 Å². The highest BCUT2D eigenvalue weighted by molar-refractivity contribution is 7.99. The predicted molar refractivity (Wildman–Crippen MR) is 112 cm³/mol. The van der Waals surface area contributed by atoms with Crippen LogP contribution in [0.4, 0.5) is 0 Å². The number of halogens is 1. The largest absolute Gasteiger partial charge is 0.349 e. The lowest BCUT2D eigenvalue weighted by Gasteiger charge is -2.21. The molecule has 0 unspecified atom stereocenters. The van der Waals surface area contributed by atoms with Crippen molar-refractivity contribution in [3.63, 3.8) is 0 Å². The maximum Gasteiger partial charge on any atom is 0.230 e. The fourth-order valence-corrected chi connectivity index (χ4v) is 4.39. The van der Waals surface area contributed by atoms with Crippen LogP contribution in [0.1, 0.15) is 54.5 Å². The molecule has 3 rings (SSSR count). The number of thioether (sulfide) groups is 1. The Morgan fingerprint density at radius 3 is 2.58 bits per heavy atom. The molecule has 138 valence electrons. The third-order valence-electron chi connectivity index (χ3n) is 4.93. The van der Waals surface area contributed by atoms with Crippen molar-refractivity contribution in [2.24, 2.45) is 0 Å². The third kappa shape index (κ3) is 5.28. The number of aryl methyl sites for hydroxylation is 2. The summed E-state index contributed by atoms with van der Waals surface area (Å²) >= 11 is 7.54. The van der Waals surface area contributed by atoms with E-state index in [9.17, 15) is 4.79 Å². The molecule has 0 spiro atoms. The van der Waals surface area contributed by atoms with Gasteiger partial charge < -0.3 is 5.32 Å². The summed E-state index contributed by atoms with van der Waals surface area (Å²) in [6.07, 6.45) is 5.85. The Bertz CT molecular complexity index is 744. The molecule has 4 heteroatoms. The standard InChI is InChI=1S/C22H26ClNOS/c1-2-21(19-10-9-17-5-3-4-6-18(17)13-19)24-22(25)15-26-14-16-7-11-20(23)12-8-16/h7-13,21H,2-6,14-15H2,1H3,(H,24,25)/t21-/m0/s1. The number of fused-ring (bicyclic) bond motifs is 1. The molecular weight excluding hydrogens is 362 g/mol. The first-order valence-electron chi connectivity index (χ1n) is 9.39. The van der Waals surface area contributed by atoms with Gasteiger partial charge in [0.2, 0.25) is 5.91 Å². The number of carbonyl (C=O) groups excluding carboxylic acids is 1. The molecule has 26 heavy (non-hydrogen) atoms. The highest BCUT2D eigenvalue weighted by Gasteiger charge is 2.16. The Balaban J connectivity index is 1.52. The second-order valence-corrected chi connectivity index (χ2v) is 8.30. The third-order valence-corrected chi connectivity index (χ3v) is 6.19. The van der Waals surface area contributed by atoms with Gasteiger partial charge in [0.1, 0.15) is 0 Å². The predicted octanol–water partition coefficient (Wildman–Crippen LogP) is 5.72. The summed E-state index contributed by atoms with van der Waals surface area (Å²) in [5.74, 6) is 1.40. The number of rotatable bonds is 7. The van der Waals surface area contributed by atoms with Gasteiger partial charge in [0.25, 0.3) is 0 Å². The molecule has 1 aliphatic carbocycles. The maximum atomic E-state index is 12.4. The molecule has 2 aromatic rings. The van der Waals surface area contributed by atoms with Crippen LogP contribution >= 0.6 is 23.4 Å². The molecule has 0 saturated carbocycles. The van der Waals surface area contributed by atoms with Gasteiger partial charge in [-0.05, 0) is 66.5 Å². The van der Waals surface area contributed by atoms with Crippen LogP contribution in [0.3, 0.4) is 0 Å². The zero-order valence-electron chi connectivity index (χ0n) is 15.3. The molecular formula is C22H26ClNOS. The first kappa shape index (κ1) is 19.3. The van der Waals surface area contributed by atoms with E-state index >= 15 is 0 Å². The minimum atomic E-state index is 0.103. The zero-order chi connectivity index (χ0) is 18.4. The lowest BCUT2D eigenvalue weighted by Crippen LogP contribution is -2.29. The molecule has 2 nitrogen and oxygen atoms in total. The number of hydrogen-bond donors (Lipinski definition) is 1. The van der Waals surface area contributed by atoms with Gasteiger partial charge in [0.15, 0.2) is 0 Å². The average Bonchev–Trinajstić information content (AvgIpc) is 2.67. The summed E-state index contributed by atoms with van der Waals surface area (Å²) < 4.78 is 0.